The number of hydrogen-bond acceptors (Lipinski definition) is 3. The topological polar surface area (TPSA) is 52.5 Å². The Bertz CT molecular complexity index is 294. The number of unbranched alkanes of at least 4 members (excludes halogenated alkanes) is 24. The van der Waals surface area contributed by atoms with Crippen molar-refractivity contribution in [3.8, 4) is 0 Å². The van der Waals surface area contributed by atoms with Crippen LogP contribution in [0.25, 0.3) is 0 Å². The van der Waals surface area contributed by atoms with Gasteiger partial charge in [0, 0.05) is 13.2 Å². The highest BCUT2D eigenvalue weighted by atomic mass is 16.3. The Labute approximate surface area is 208 Å². The van der Waals surface area contributed by atoms with Gasteiger partial charge in [0.25, 0.3) is 0 Å². The molecule has 0 aliphatic heterocycles. The molecule has 0 unspecified atom stereocenters. The van der Waals surface area contributed by atoms with Crippen LogP contribution in [0.1, 0.15) is 167 Å². The Kier molecular flexibility index (Phi) is 31.8. The number of nitrogens with one attached hydrogen (secondary N) is 1. The summed E-state index contributed by atoms with van der Waals surface area (Å²) in [5, 5.41) is 21.2. The average molecular weight is 470 g/mol. The molecule has 0 aromatic rings. The van der Waals surface area contributed by atoms with Crippen LogP contribution in [0.4, 0.5) is 0 Å². The molecule has 0 saturated heterocycles. The lowest BCUT2D eigenvalue weighted by molar-refractivity contribution is 0.282. The largest absolute Gasteiger partial charge is 0.396 e. The van der Waals surface area contributed by atoms with Gasteiger partial charge in [0.2, 0.25) is 0 Å². The average Bonchev–Trinajstić information content (AvgIpc) is 2.83. The van der Waals surface area contributed by atoms with E-state index in [2.05, 4.69) is 5.32 Å². The number of aliphatic hydroxyl groups is 2. The summed E-state index contributed by atoms with van der Waals surface area (Å²) >= 11 is 0. The molecule has 33 heavy (non-hydrogen) atoms. The van der Waals surface area contributed by atoms with E-state index in [4.69, 9.17) is 10.2 Å². The molecule has 3 N–H and O–H groups in total. The third-order valence-corrected chi connectivity index (χ3v) is 7.02. The summed E-state index contributed by atoms with van der Waals surface area (Å²) in [5.41, 5.74) is 0. The fraction of sp³-hybridized carbons (Fsp3) is 1.00. The third-order valence-electron chi connectivity index (χ3n) is 7.02. The van der Waals surface area contributed by atoms with E-state index in [9.17, 15) is 0 Å². The van der Waals surface area contributed by atoms with E-state index in [1.54, 1.807) is 0 Å². The van der Waals surface area contributed by atoms with Gasteiger partial charge in [-0.2, -0.15) is 0 Å². The lowest BCUT2D eigenvalue weighted by Crippen LogP contribution is -2.16. The first-order valence-electron chi connectivity index (χ1n) is 15.3. The summed E-state index contributed by atoms with van der Waals surface area (Å²) in [4.78, 5) is 0. The van der Waals surface area contributed by atoms with Gasteiger partial charge in [-0.1, -0.05) is 141 Å². The predicted octanol–water partition coefficient (Wildman–Crippen LogP) is 8.70. The number of hydrogen-bond donors (Lipinski definition) is 3. The first-order chi connectivity index (χ1) is 16.4. The Hall–Kier alpha value is -0.120. The minimum Gasteiger partial charge on any atom is -0.396 e. The minimum atomic E-state index is 0.366. The van der Waals surface area contributed by atoms with Crippen molar-refractivity contribution in [3.05, 3.63) is 0 Å². The normalized spacial score (nSPS) is 11.5. The molecule has 3 heteroatoms. The maximum atomic E-state index is 8.76. The molecule has 0 heterocycles. The second-order valence-corrected chi connectivity index (χ2v) is 10.4. The smallest absolute Gasteiger partial charge is 0.0431 e. The van der Waals surface area contributed by atoms with E-state index in [0.29, 0.717) is 13.2 Å². The lowest BCUT2D eigenvalue weighted by atomic mass is 10.0. The molecular formula is C30H63NO2. The first-order valence-corrected chi connectivity index (χ1v) is 15.3. The van der Waals surface area contributed by atoms with Gasteiger partial charge in [-0.25, -0.2) is 0 Å². The van der Waals surface area contributed by atoms with Gasteiger partial charge < -0.3 is 15.5 Å². The SMILES string of the molecule is OCCCCCCCCCCCCCCCCNCCCCCCCCCCCCCCO. The standard InChI is InChI=1S/C30H63NO2/c32-29-25-21-17-13-9-5-2-1-3-7-11-15-19-23-27-31-28-24-20-16-12-8-4-6-10-14-18-22-26-30-33/h31-33H,1-30H2. The molecule has 0 radical (unpaired) electrons. The zero-order valence-corrected chi connectivity index (χ0v) is 22.6. The molecule has 0 aliphatic carbocycles. The minimum absolute atomic E-state index is 0.366. The molecular weight excluding hydrogens is 406 g/mol. The van der Waals surface area contributed by atoms with Gasteiger partial charge in [0.05, 0.1) is 0 Å². The van der Waals surface area contributed by atoms with Crippen LogP contribution < -0.4 is 5.32 Å². The molecule has 3 nitrogen and oxygen atoms in total. The summed E-state index contributed by atoms with van der Waals surface area (Å²) in [6, 6.07) is 0. The van der Waals surface area contributed by atoms with Gasteiger partial charge >= 0.3 is 0 Å². The highest BCUT2D eigenvalue weighted by Crippen LogP contribution is 2.13. The van der Waals surface area contributed by atoms with Gasteiger partial charge in [0.1, 0.15) is 0 Å². The van der Waals surface area contributed by atoms with Crippen LogP contribution in [0, 0.1) is 0 Å². The van der Waals surface area contributed by atoms with Crippen molar-refractivity contribution >= 4 is 0 Å². The van der Waals surface area contributed by atoms with Crippen molar-refractivity contribution in [1.82, 2.24) is 5.32 Å². The van der Waals surface area contributed by atoms with Crippen LogP contribution >= 0.6 is 0 Å². The molecule has 0 atom stereocenters. The zero-order chi connectivity index (χ0) is 23.9. The van der Waals surface area contributed by atoms with Crippen molar-refractivity contribution in [2.24, 2.45) is 0 Å². The van der Waals surface area contributed by atoms with Gasteiger partial charge in [-0.15, -0.1) is 0 Å². The molecule has 0 saturated carbocycles. The fourth-order valence-electron chi connectivity index (χ4n) is 4.74. The van der Waals surface area contributed by atoms with Crippen molar-refractivity contribution < 1.29 is 10.2 Å². The summed E-state index contributed by atoms with van der Waals surface area (Å²) in [6.45, 7) is 3.17. The van der Waals surface area contributed by atoms with Crippen LogP contribution in [0.2, 0.25) is 0 Å². The first kappa shape index (κ1) is 32.9. The summed E-state index contributed by atoms with van der Waals surface area (Å²) < 4.78 is 0. The molecule has 0 aliphatic rings. The summed E-state index contributed by atoms with van der Waals surface area (Å²) in [5.74, 6) is 0. The molecule has 0 amide bonds. The molecule has 0 fully saturated rings. The Morgan fingerprint density at radius 1 is 0.242 bits per heavy atom. The molecule has 0 bridgehead atoms. The zero-order valence-electron chi connectivity index (χ0n) is 22.6. The van der Waals surface area contributed by atoms with Crippen LogP contribution in [-0.4, -0.2) is 36.5 Å². The van der Waals surface area contributed by atoms with E-state index in [1.165, 1.54) is 167 Å². The van der Waals surface area contributed by atoms with Crippen LogP contribution in [0.3, 0.4) is 0 Å². The van der Waals surface area contributed by atoms with E-state index in [-0.39, 0.29) is 0 Å². The summed E-state index contributed by atoms with van der Waals surface area (Å²) in [7, 11) is 0. The second-order valence-electron chi connectivity index (χ2n) is 10.4. The van der Waals surface area contributed by atoms with E-state index >= 15 is 0 Å². The Balaban J connectivity index is 2.99. The van der Waals surface area contributed by atoms with Crippen molar-refractivity contribution in [2.75, 3.05) is 26.3 Å². The maximum absolute atomic E-state index is 8.76. The van der Waals surface area contributed by atoms with Gasteiger partial charge in [-0.3, -0.25) is 0 Å². The van der Waals surface area contributed by atoms with E-state index in [1.807, 2.05) is 0 Å². The number of rotatable bonds is 30. The van der Waals surface area contributed by atoms with Crippen LogP contribution in [0.5, 0.6) is 0 Å². The lowest BCUT2D eigenvalue weighted by Gasteiger charge is -2.06. The maximum Gasteiger partial charge on any atom is 0.0431 e. The quantitative estimate of drug-likeness (QED) is 0.0922. The van der Waals surface area contributed by atoms with Crippen molar-refractivity contribution in [2.45, 2.75) is 167 Å². The van der Waals surface area contributed by atoms with Crippen LogP contribution in [0.15, 0.2) is 0 Å². The van der Waals surface area contributed by atoms with Crippen molar-refractivity contribution in [1.29, 1.82) is 0 Å². The number of aliphatic hydroxyl groups excluding tert-OH is 2. The second kappa shape index (κ2) is 31.9. The van der Waals surface area contributed by atoms with Gasteiger partial charge in [-0.05, 0) is 38.8 Å². The van der Waals surface area contributed by atoms with E-state index < -0.39 is 0 Å². The fourth-order valence-corrected chi connectivity index (χ4v) is 4.74. The predicted molar refractivity (Wildman–Crippen MR) is 147 cm³/mol. The Morgan fingerprint density at radius 3 is 0.636 bits per heavy atom. The molecule has 0 aromatic heterocycles. The van der Waals surface area contributed by atoms with Crippen molar-refractivity contribution in [3.63, 3.8) is 0 Å². The monoisotopic (exact) mass is 469 g/mol. The molecule has 200 valence electrons. The molecule has 0 aromatic carbocycles. The van der Waals surface area contributed by atoms with Gasteiger partial charge in [0.15, 0.2) is 0 Å². The van der Waals surface area contributed by atoms with Crippen LogP contribution in [-0.2, 0) is 0 Å². The highest BCUT2D eigenvalue weighted by Gasteiger charge is 1.96. The molecule has 0 spiro atoms. The third kappa shape index (κ3) is 31.9. The van der Waals surface area contributed by atoms with E-state index in [0.717, 1.165) is 12.8 Å². The highest BCUT2D eigenvalue weighted by molar-refractivity contribution is 4.53. The molecule has 0 rings (SSSR count). The Morgan fingerprint density at radius 2 is 0.424 bits per heavy atom. The summed E-state index contributed by atoms with van der Waals surface area (Å²) in [6.07, 6.45) is 35.2.